The Morgan fingerprint density at radius 2 is 2.06 bits per heavy atom. The number of allylic oxidation sites excluding steroid dienone is 1. The van der Waals surface area contributed by atoms with Gasteiger partial charge in [0.15, 0.2) is 5.78 Å². The molecule has 1 aliphatic carbocycles. The fourth-order valence-electron chi connectivity index (χ4n) is 1.89. The van der Waals surface area contributed by atoms with Gasteiger partial charge < -0.3 is 4.74 Å². The Hall–Kier alpha value is -1.41. The van der Waals surface area contributed by atoms with Gasteiger partial charge in [0.1, 0.15) is 0 Å². The number of hydrogen-bond donors (Lipinski definition) is 0. The number of ether oxygens (including phenoxy) is 1. The van der Waals surface area contributed by atoms with Gasteiger partial charge in [0.25, 0.3) is 0 Å². The summed E-state index contributed by atoms with van der Waals surface area (Å²) in [6, 6.07) is 10.1. The van der Waals surface area contributed by atoms with E-state index in [0.717, 1.165) is 0 Å². The Morgan fingerprint density at radius 1 is 1.31 bits per heavy atom. The maximum absolute atomic E-state index is 11.1. The van der Waals surface area contributed by atoms with Crippen molar-refractivity contribution in [3.05, 3.63) is 48.0 Å². The van der Waals surface area contributed by atoms with Crippen LogP contribution < -0.4 is 0 Å². The van der Waals surface area contributed by atoms with Gasteiger partial charge in [-0.25, -0.2) is 0 Å². The lowest BCUT2D eigenvalue weighted by atomic mass is 9.91. The first kappa shape index (κ1) is 11.1. The molecule has 2 nitrogen and oxygen atoms in total. The molecule has 0 saturated heterocycles. The van der Waals surface area contributed by atoms with Crippen LogP contribution in [0.4, 0.5) is 0 Å². The second-order valence-corrected chi connectivity index (χ2v) is 4.61. The zero-order valence-electron chi connectivity index (χ0n) is 9.48. The van der Waals surface area contributed by atoms with Gasteiger partial charge in [0, 0.05) is 11.8 Å². The van der Waals surface area contributed by atoms with Crippen molar-refractivity contribution >= 4 is 5.78 Å². The number of carbonyl (C=O) groups is 1. The molecule has 16 heavy (non-hydrogen) atoms. The minimum atomic E-state index is -0.105. The maximum Gasteiger partial charge on any atom is 0.156 e. The van der Waals surface area contributed by atoms with Crippen LogP contribution in [0, 0.1) is 5.41 Å². The summed E-state index contributed by atoms with van der Waals surface area (Å²) in [5.41, 5.74) is 1.06. The standard InChI is InChI=1S/C14H16O2/c1-14(8-7-13(15)9-14)11-16-10-12-5-3-2-4-6-12/h2-8H,9-11H2,1H3/t14-/m0/s1. The van der Waals surface area contributed by atoms with Gasteiger partial charge in [-0.15, -0.1) is 0 Å². The van der Waals surface area contributed by atoms with Crippen LogP contribution in [0.2, 0.25) is 0 Å². The molecule has 0 heterocycles. The lowest BCUT2D eigenvalue weighted by Crippen LogP contribution is -2.19. The van der Waals surface area contributed by atoms with Gasteiger partial charge in [-0.3, -0.25) is 4.79 Å². The highest BCUT2D eigenvalue weighted by molar-refractivity contribution is 5.93. The van der Waals surface area contributed by atoms with Crippen molar-refractivity contribution in [2.75, 3.05) is 6.61 Å². The molecule has 0 unspecified atom stereocenters. The summed E-state index contributed by atoms with van der Waals surface area (Å²) in [7, 11) is 0. The van der Waals surface area contributed by atoms with Gasteiger partial charge in [-0.05, 0) is 11.6 Å². The van der Waals surface area contributed by atoms with Gasteiger partial charge >= 0.3 is 0 Å². The Bertz CT molecular complexity index is 394. The normalized spacial score (nSPS) is 23.9. The smallest absolute Gasteiger partial charge is 0.156 e. The first-order valence-electron chi connectivity index (χ1n) is 5.52. The summed E-state index contributed by atoms with van der Waals surface area (Å²) in [5, 5.41) is 0. The second kappa shape index (κ2) is 4.62. The van der Waals surface area contributed by atoms with Crippen LogP contribution in [0.25, 0.3) is 0 Å². The number of benzene rings is 1. The van der Waals surface area contributed by atoms with Crippen LogP contribution >= 0.6 is 0 Å². The van der Waals surface area contributed by atoms with Gasteiger partial charge in [0.2, 0.25) is 0 Å². The van der Waals surface area contributed by atoms with Crippen LogP contribution in [0.3, 0.4) is 0 Å². The van der Waals surface area contributed by atoms with Crippen LogP contribution in [0.5, 0.6) is 0 Å². The first-order valence-corrected chi connectivity index (χ1v) is 5.52. The Morgan fingerprint density at radius 3 is 2.69 bits per heavy atom. The first-order chi connectivity index (χ1) is 7.68. The van der Waals surface area contributed by atoms with E-state index in [1.54, 1.807) is 6.08 Å². The van der Waals surface area contributed by atoms with Gasteiger partial charge in [-0.1, -0.05) is 43.3 Å². The molecule has 1 atom stereocenters. The average molecular weight is 216 g/mol. The summed E-state index contributed by atoms with van der Waals surface area (Å²) in [5.74, 6) is 0.200. The van der Waals surface area contributed by atoms with Crippen LogP contribution in [-0.4, -0.2) is 12.4 Å². The molecule has 1 aliphatic rings. The summed E-state index contributed by atoms with van der Waals surface area (Å²) < 4.78 is 5.65. The fraction of sp³-hybridized carbons (Fsp3) is 0.357. The number of carbonyl (C=O) groups excluding carboxylic acids is 1. The topological polar surface area (TPSA) is 26.3 Å². The van der Waals surface area contributed by atoms with Gasteiger partial charge in [-0.2, -0.15) is 0 Å². The molecule has 2 heteroatoms. The fourth-order valence-corrected chi connectivity index (χ4v) is 1.89. The molecule has 0 aliphatic heterocycles. The number of ketones is 1. The lowest BCUT2D eigenvalue weighted by Gasteiger charge is -2.20. The molecular formula is C14H16O2. The van der Waals surface area contributed by atoms with E-state index in [0.29, 0.717) is 19.6 Å². The van der Waals surface area contributed by atoms with E-state index in [4.69, 9.17) is 4.74 Å². The number of rotatable bonds is 4. The lowest BCUT2D eigenvalue weighted by molar-refractivity contribution is -0.115. The average Bonchev–Trinajstić information content (AvgIpc) is 2.60. The summed E-state index contributed by atoms with van der Waals surface area (Å²) in [6.07, 6.45) is 4.19. The molecule has 0 radical (unpaired) electrons. The van der Waals surface area contributed by atoms with Crippen molar-refractivity contribution in [3.8, 4) is 0 Å². The van der Waals surface area contributed by atoms with E-state index in [2.05, 4.69) is 6.92 Å². The van der Waals surface area contributed by atoms with Crippen LogP contribution in [0.1, 0.15) is 18.9 Å². The molecule has 0 spiro atoms. The Balaban J connectivity index is 1.81. The van der Waals surface area contributed by atoms with E-state index in [9.17, 15) is 4.79 Å². The van der Waals surface area contributed by atoms with E-state index >= 15 is 0 Å². The van der Waals surface area contributed by atoms with E-state index in [1.807, 2.05) is 36.4 Å². The monoisotopic (exact) mass is 216 g/mol. The van der Waals surface area contributed by atoms with Crippen LogP contribution in [0.15, 0.2) is 42.5 Å². The summed E-state index contributed by atoms with van der Waals surface area (Å²) in [6.45, 7) is 3.27. The van der Waals surface area contributed by atoms with Crippen molar-refractivity contribution in [1.29, 1.82) is 0 Å². The third kappa shape index (κ3) is 2.80. The largest absolute Gasteiger partial charge is 0.376 e. The zero-order valence-corrected chi connectivity index (χ0v) is 9.48. The zero-order chi connectivity index (χ0) is 11.4. The van der Waals surface area contributed by atoms with Crippen molar-refractivity contribution in [2.45, 2.75) is 20.0 Å². The van der Waals surface area contributed by atoms with Crippen molar-refractivity contribution in [2.24, 2.45) is 5.41 Å². The maximum atomic E-state index is 11.1. The molecule has 0 amide bonds. The molecule has 84 valence electrons. The molecule has 0 bridgehead atoms. The summed E-state index contributed by atoms with van der Waals surface area (Å²) in [4.78, 5) is 11.1. The predicted octanol–water partition coefficient (Wildman–Crippen LogP) is 2.74. The minimum Gasteiger partial charge on any atom is -0.376 e. The van der Waals surface area contributed by atoms with Gasteiger partial charge in [0.05, 0.1) is 13.2 Å². The van der Waals surface area contributed by atoms with Crippen LogP contribution in [-0.2, 0) is 16.1 Å². The van der Waals surface area contributed by atoms with E-state index in [-0.39, 0.29) is 11.2 Å². The molecule has 1 aromatic carbocycles. The van der Waals surface area contributed by atoms with E-state index in [1.165, 1.54) is 5.56 Å². The molecule has 0 fully saturated rings. The SMILES string of the molecule is C[C@]1(COCc2ccccc2)C=CC(=O)C1. The minimum absolute atomic E-state index is 0.105. The highest BCUT2D eigenvalue weighted by Gasteiger charge is 2.28. The van der Waals surface area contributed by atoms with E-state index < -0.39 is 0 Å². The predicted molar refractivity (Wildman–Crippen MR) is 63.0 cm³/mol. The Kier molecular flexibility index (Phi) is 3.20. The second-order valence-electron chi connectivity index (χ2n) is 4.61. The third-order valence-corrected chi connectivity index (χ3v) is 2.79. The number of hydrogen-bond acceptors (Lipinski definition) is 2. The molecule has 0 aromatic heterocycles. The van der Waals surface area contributed by atoms with Crippen molar-refractivity contribution in [3.63, 3.8) is 0 Å². The highest BCUT2D eigenvalue weighted by Crippen LogP contribution is 2.29. The molecule has 2 rings (SSSR count). The molecule has 0 N–H and O–H groups in total. The Labute approximate surface area is 95.9 Å². The van der Waals surface area contributed by atoms with Crippen molar-refractivity contribution < 1.29 is 9.53 Å². The highest BCUT2D eigenvalue weighted by atomic mass is 16.5. The van der Waals surface area contributed by atoms with Crippen molar-refractivity contribution in [1.82, 2.24) is 0 Å². The third-order valence-electron chi connectivity index (χ3n) is 2.79. The molecule has 0 saturated carbocycles. The molecule has 1 aromatic rings. The summed E-state index contributed by atoms with van der Waals surface area (Å²) >= 11 is 0. The quantitative estimate of drug-likeness (QED) is 0.773. The molecular weight excluding hydrogens is 200 g/mol.